The summed E-state index contributed by atoms with van der Waals surface area (Å²) in [6.07, 6.45) is 6.86. The Morgan fingerprint density at radius 2 is 1.29 bits per heavy atom. The van der Waals surface area contributed by atoms with E-state index in [4.69, 9.17) is 0 Å². The number of amides is 9. The quantitative estimate of drug-likeness (QED) is 0.0744. The van der Waals surface area contributed by atoms with Crippen LogP contribution in [0.15, 0.2) is 24.3 Å². The molecule has 0 aromatic heterocycles. The van der Waals surface area contributed by atoms with Crippen LogP contribution in [0.25, 0.3) is 0 Å². The average Bonchev–Trinajstić information content (AvgIpc) is 3.66. The van der Waals surface area contributed by atoms with Crippen LogP contribution in [0.5, 0.6) is 0 Å². The second-order valence-corrected chi connectivity index (χ2v) is 21.0. The summed E-state index contributed by atoms with van der Waals surface area (Å²) in [4.78, 5) is 124. The zero-order chi connectivity index (χ0) is 51.9. The van der Waals surface area contributed by atoms with Crippen molar-refractivity contribution in [3.63, 3.8) is 0 Å². The molecule has 1 aliphatic carbocycles. The van der Waals surface area contributed by atoms with Gasteiger partial charge in [0.15, 0.2) is 0 Å². The molecule has 20 heteroatoms. The van der Waals surface area contributed by atoms with Gasteiger partial charge in [0.05, 0.1) is 13.1 Å². The highest BCUT2D eigenvalue weighted by atomic mass is 19.1. The first-order valence-electron chi connectivity index (χ1n) is 24.2. The molecule has 69 heavy (non-hydrogen) atoms. The third kappa shape index (κ3) is 18.6. The number of carbonyl (C=O) groups is 9. The van der Waals surface area contributed by atoms with Crippen molar-refractivity contribution < 1.29 is 47.5 Å². The van der Waals surface area contributed by atoms with Gasteiger partial charge in [-0.2, -0.15) is 0 Å². The van der Waals surface area contributed by atoms with E-state index >= 15 is 0 Å². The van der Waals surface area contributed by atoms with Crippen LogP contribution in [-0.2, 0) is 38.4 Å². The predicted octanol–water partition coefficient (Wildman–Crippen LogP) is 1.65. The summed E-state index contributed by atoms with van der Waals surface area (Å²) in [5.74, 6) is -5.61. The zero-order valence-electron chi connectivity index (χ0n) is 42.6. The molecular formula is C49H79FN10O9. The van der Waals surface area contributed by atoms with Gasteiger partial charge in [-0.25, -0.2) is 4.39 Å². The van der Waals surface area contributed by atoms with Crippen molar-refractivity contribution in [3.05, 3.63) is 35.6 Å². The maximum Gasteiger partial charge on any atom is 0.254 e. The van der Waals surface area contributed by atoms with Crippen LogP contribution in [-0.4, -0.2) is 145 Å². The van der Waals surface area contributed by atoms with E-state index in [1.807, 2.05) is 39.8 Å². The fourth-order valence-electron chi connectivity index (χ4n) is 8.32. The van der Waals surface area contributed by atoms with E-state index in [1.165, 1.54) is 56.9 Å². The maximum atomic E-state index is 13.8. The number of likely N-dealkylation sites (N-methyl/N-ethyl adjacent to an activating group) is 1. The lowest BCUT2D eigenvalue weighted by atomic mass is 9.85. The molecule has 1 heterocycles. The van der Waals surface area contributed by atoms with Crippen molar-refractivity contribution >= 4 is 53.2 Å². The Balaban J connectivity index is 1.58. The third-order valence-electron chi connectivity index (χ3n) is 12.4. The summed E-state index contributed by atoms with van der Waals surface area (Å²) in [5.41, 5.74) is -4.13. The summed E-state index contributed by atoms with van der Waals surface area (Å²) in [6, 6.07) is 2.11. The Hall–Kier alpha value is -5.66. The second-order valence-electron chi connectivity index (χ2n) is 21.0. The standard InChI is InChI=1S/C49H79FN10O9/c1-30(2)25-36(41(64)57-49(8,9)46(69)58-48(6,7)44(67)51-23-24-59(10)11)54-38(61)27-53-45(68)47(4,5)56-39(62)28-52-40(63)35(22-17-32-15-13-12-14-16-32)55-42(65)37-26-31(3)29-60(37)43(66)33-18-20-34(50)21-19-33/h18-21,30-32,35-37H,12-17,22-29H2,1-11H3,(H,51,67)(H,52,63)(H,53,68)(H,54,61)(H,55,65)(H,56,62)(H,57,64)(H,58,69)/t31?,35-,36-,37?/m0/s1. The number of nitrogens with one attached hydrogen (secondary N) is 8. The van der Waals surface area contributed by atoms with E-state index < -0.39 is 107 Å². The number of carbonyl (C=O) groups excluding carboxylic acids is 9. The highest BCUT2D eigenvalue weighted by Gasteiger charge is 2.41. The van der Waals surface area contributed by atoms with Gasteiger partial charge >= 0.3 is 0 Å². The molecule has 3 rings (SSSR count). The van der Waals surface area contributed by atoms with E-state index in [2.05, 4.69) is 42.5 Å². The van der Waals surface area contributed by atoms with Gasteiger partial charge in [0, 0.05) is 25.2 Å². The molecule has 8 N–H and O–H groups in total. The van der Waals surface area contributed by atoms with Crippen LogP contribution in [0, 0.1) is 23.6 Å². The molecule has 1 saturated carbocycles. The Morgan fingerprint density at radius 3 is 1.90 bits per heavy atom. The van der Waals surface area contributed by atoms with E-state index in [9.17, 15) is 47.5 Å². The molecule has 1 aromatic carbocycles. The van der Waals surface area contributed by atoms with Crippen molar-refractivity contribution in [3.8, 4) is 0 Å². The lowest BCUT2D eigenvalue weighted by Crippen LogP contribution is -2.64. The van der Waals surface area contributed by atoms with Crippen LogP contribution in [0.3, 0.4) is 0 Å². The van der Waals surface area contributed by atoms with Gasteiger partial charge in [-0.05, 0) is 123 Å². The van der Waals surface area contributed by atoms with Crippen LogP contribution < -0.4 is 42.5 Å². The number of rotatable bonds is 24. The molecule has 2 fully saturated rings. The zero-order valence-corrected chi connectivity index (χ0v) is 42.6. The SMILES string of the molecule is CC(C)C[C@H](NC(=O)CNC(=O)C(C)(C)NC(=O)CNC(=O)[C@H](CCC1CCCCC1)NC(=O)C1CC(C)CN1C(=O)c1ccc(F)cc1)C(=O)NC(C)(C)C(=O)NC(C)(C)C(=O)NCCN(C)C. The lowest BCUT2D eigenvalue weighted by Gasteiger charge is -2.33. The number of hydrogen-bond acceptors (Lipinski definition) is 10. The number of hydrogen-bond donors (Lipinski definition) is 8. The topological polar surface area (TPSA) is 256 Å². The van der Waals surface area contributed by atoms with Crippen LogP contribution >= 0.6 is 0 Å². The average molecular weight is 971 g/mol. The number of nitrogens with zero attached hydrogens (tertiary/aromatic N) is 2. The van der Waals surface area contributed by atoms with Crippen LogP contribution in [0.1, 0.15) is 130 Å². The Morgan fingerprint density at radius 1 is 0.710 bits per heavy atom. The molecule has 1 aliphatic heterocycles. The first kappa shape index (κ1) is 57.7. The molecule has 1 saturated heterocycles. The fraction of sp³-hybridized carbons (Fsp3) is 0.694. The van der Waals surface area contributed by atoms with Crippen LogP contribution in [0.2, 0.25) is 0 Å². The normalized spacial score (nSPS) is 17.6. The van der Waals surface area contributed by atoms with Crippen molar-refractivity contribution in [1.29, 1.82) is 0 Å². The minimum atomic E-state index is -1.57. The summed E-state index contributed by atoms with van der Waals surface area (Å²) in [6.45, 7) is 14.6. The summed E-state index contributed by atoms with van der Waals surface area (Å²) in [5, 5.41) is 21.2. The molecule has 1 aromatic rings. The van der Waals surface area contributed by atoms with E-state index in [1.54, 1.807) is 13.8 Å². The Labute approximate surface area is 407 Å². The van der Waals surface area contributed by atoms with Gasteiger partial charge in [0.2, 0.25) is 47.3 Å². The molecule has 9 amide bonds. The molecule has 2 unspecified atom stereocenters. The minimum Gasteiger partial charge on any atom is -0.353 e. The molecule has 2 aliphatic rings. The smallest absolute Gasteiger partial charge is 0.254 e. The monoisotopic (exact) mass is 971 g/mol. The first-order chi connectivity index (χ1) is 32.1. The largest absolute Gasteiger partial charge is 0.353 e. The van der Waals surface area contributed by atoms with E-state index in [-0.39, 0.29) is 23.8 Å². The van der Waals surface area contributed by atoms with E-state index in [0.717, 1.165) is 32.1 Å². The predicted molar refractivity (Wildman–Crippen MR) is 258 cm³/mol. The molecule has 0 radical (unpaired) electrons. The molecule has 0 spiro atoms. The van der Waals surface area contributed by atoms with Gasteiger partial charge in [0.25, 0.3) is 5.91 Å². The summed E-state index contributed by atoms with van der Waals surface area (Å²) in [7, 11) is 3.73. The van der Waals surface area contributed by atoms with E-state index in [0.29, 0.717) is 44.8 Å². The summed E-state index contributed by atoms with van der Waals surface area (Å²) < 4.78 is 13.6. The molecule has 0 bridgehead atoms. The summed E-state index contributed by atoms with van der Waals surface area (Å²) >= 11 is 0. The van der Waals surface area contributed by atoms with Gasteiger partial charge in [-0.15, -0.1) is 0 Å². The first-order valence-corrected chi connectivity index (χ1v) is 24.2. The van der Waals surface area contributed by atoms with Crippen molar-refractivity contribution in [2.45, 2.75) is 155 Å². The van der Waals surface area contributed by atoms with Gasteiger partial charge in [0.1, 0.15) is 40.6 Å². The van der Waals surface area contributed by atoms with Crippen molar-refractivity contribution in [2.24, 2.45) is 17.8 Å². The fourth-order valence-corrected chi connectivity index (χ4v) is 8.32. The van der Waals surface area contributed by atoms with Gasteiger partial charge in [-0.3, -0.25) is 43.2 Å². The highest BCUT2D eigenvalue weighted by molar-refractivity contribution is 6.00. The van der Waals surface area contributed by atoms with Gasteiger partial charge < -0.3 is 52.3 Å². The van der Waals surface area contributed by atoms with Crippen LogP contribution in [0.4, 0.5) is 4.39 Å². The molecule has 4 atom stereocenters. The Bertz CT molecular complexity index is 1990. The Kier molecular flexibility index (Phi) is 21.6. The number of halogens is 1. The number of likely N-dealkylation sites (tertiary alicyclic amines) is 1. The lowest BCUT2D eigenvalue weighted by molar-refractivity contribution is -0.138. The molecule has 19 nitrogen and oxygen atoms in total. The van der Waals surface area contributed by atoms with Crippen molar-refractivity contribution in [1.82, 2.24) is 52.3 Å². The molecular weight excluding hydrogens is 892 g/mol. The molecule has 386 valence electrons. The third-order valence-corrected chi connectivity index (χ3v) is 12.4. The number of benzene rings is 1. The minimum absolute atomic E-state index is 0.00904. The maximum absolute atomic E-state index is 13.8. The van der Waals surface area contributed by atoms with Crippen molar-refractivity contribution in [2.75, 3.05) is 46.8 Å². The second kappa shape index (κ2) is 25.8. The highest BCUT2D eigenvalue weighted by Crippen LogP contribution is 2.29. The van der Waals surface area contributed by atoms with Gasteiger partial charge in [-0.1, -0.05) is 52.9 Å².